The summed E-state index contributed by atoms with van der Waals surface area (Å²) in [6.07, 6.45) is 0. The van der Waals surface area contributed by atoms with Gasteiger partial charge in [-0.2, -0.15) is 0 Å². The number of anilines is 1. The van der Waals surface area contributed by atoms with Crippen LogP contribution in [0.3, 0.4) is 0 Å². The van der Waals surface area contributed by atoms with Crippen LogP contribution in [-0.2, 0) is 0 Å². The zero-order chi connectivity index (χ0) is 14.0. The standard InChI is InChI=1S/C13H8BrClINO2/c14-12-8(15)2-1-3-10(12)17-13(19)7-4-5-9(16)11(18)6-7/h1-6,18H,(H,17,19). The molecule has 0 aliphatic heterocycles. The zero-order valence-electron chi connectivity index (χ0n) is 9.45. The van der Waals surface area contributed by atoms with Crippen molar-refractivity contribution in [3.8, 4) is 5.75 Å². The van der Waals surface area contributed by atoms with Gasteiger partial charge in [0, 0.05) is 5.56 Å². The number of carbonyl (C=O) groups is 1. The van der Waals surface area contributed by atoms with Gasteiger partial charge in [-0.25, -0.2) is 0 Å². The van der Waals surface area contributed by atoms with Crippen LogP contribution in [0.1, 0.15) is 10.4 Å². The SMILES string of the molecule is O=C(Nc1cccc(Cl)c1Br)c1ccc(I)c(O)c1. The van der Waals surface area contributed by atoms with Gasteiger partial charge in [0.1, 0.15) is 5.75 Å². The van der Waals surface area contributed by atoms with Crippen LogP contribution < -0.4 is 5.32 Å². The number of hydrogen-bond acceptors (Lipinski definition) is 2. The van der Waals surface area contributed by atoms with Crippen LogP contribution in [0.15, 0.2) is 40.9 Å². The van der Waals surface area contributed by atoms with Crippen LogP contribution >= 0.6 is 50.1 Å². The molecule has 0 radical (unpaired) electrons. The molecule has 0 saturated carbocycles. The molecule has 19 heavy (non-hydrogen) atoms. The number of hydrogen-bond donors (Lipinski definition) is 2. The number of phenols is 1. The largest absolute Gasteiger partial charge is 0.507 e. The highest BCUT2D eigenvalue weighted by Crippen LogP contribution is 2.30. The average molecular weight is 452 g/mol. The highest BCUT2D eigenvalue weighted by Gasteiger charge is 2.11. The Morgan fingerprint density at radius 3 is 2.74 bits per heavy atom. The minimum absolute atomic E-state index is 0.0819. The van der Waals surface area contributed by atoms with Gasteiger partial charge in [0.25, 0.3) is 5.91 Å². The van der Waals surface area contributed by atoms with E-state index in [2.05, 4.69) is 21.2 Å². The molecule has 0 unspecified atom stereocenters. The lowest BCUT2D eigenvalue weighted by Crippen LogP contribution is -2.12. The first-order chi connectivity index (χ1) is 8.99. The summed E-state index contributed by atoms with van der Waals surface area (Å²) in [5, 5.41) is 12.8. The molecule has 1 amide bonds. The Labute approximate surface area is 137 Å². The second-order valence-corrected chi connectivity index (χ2v) is 6.08. The van der Waals surface area contributed by atoms with Crippen LogP contribution in [0, 0.1) is 3.57 Å². The molecular weight excluding hydrogens is 444 g/mol. The van der Waals surface area contributed by atoms with Crippen LogP contribution in [-0.4, -0.2) is 11.0 Å². The topological polar surface area (TPSA) is 49.3 Å². The molecule has 0 aromatic heterocycles. The molecular formula is C13H8BrClINO2. The Hall–Kier alpha value is -0.790. The van der Waals surface area contributed by atoms with Crippen molar-refractivity contribution >= 4 is 61.7 Å². The molecule has 0 spiro atoms. The first-order valence-electron chi connectivity index (χ1n) is 5.23. The second kappa shape index (κ2) is 6.11. The van der Waals surface area contributed by atoms with E-state index in [0.717, 1.165) is 0 Å². The summed E-state index contributed by atoms with van der Waals surface area (Å²) in [6, 6.07) is 9.95. The number of amides is 1. The maximum absolute atomic E-state index is 12.1. The number of phenolic OH excluding ortho intramolecular Hbond substituents is 1. The quantitative estimate of drug-likeness (QED) is 0.651. The third kappa shape index (κ3) is 3.40. The normalized spacial score (nSPS) is 10.3. The summed E-state index contributed by atoms with van der Waals surface area (Å²) >= 11 is 11.3. The highest BCUT2D eigenvalue weighted by molar-refractivity contribution is 14.1. The highest BCUT2D eigenvalue weighted by atomic mass is 127. The van der Waals surface area contributed by atoms with Gasteiger partial charge >= 0.3 is 0 Å². The van der Waals surface area contributed by atoms with Crippen molar-refractivity contribution in [2.75, 3.05) is 5.32 Å². The fourth-order valence-electron chi connectivity index (χ4n) is 1.45. The van der Waals surface area contributed by atoms with Crippen molar-refractivity contribution in [1.82, 2.24) is 0 Å². The summed E-state index contributed by atoms with van der Waals surface area (Å²) < 4.78 is 1.32. The number of rotatable bonds is 2. The summed E-state index contributed by atoms with van der Waals surface area (Å²) in [6.45, 7) is 0. The summed E-state index contributed by atoms with van der Waals surface area (Å²) in [5.41, 5.74) is 0.959. The van der Waals surface area contributed by atoms with Gasteiger partial charge in [-0.15, -0.1) is 0 Å². The van der Waals surface area contributed by atoms with Crippen molar-refractivity contribution in [2.45, 2.75) is 0 Å². The van der Waals surface area contributed by atoms with Gasteiger partial charge in [0.15, 0.2) is 0 Å². The molecule has 0 atom stereocenters. The molecule has 2 rings (SSSR count). The molecule has 6 heteroatoms. The summed E-state index contributed by atoms with van der Waals surface area (Å²) in [5.74, 6) is -0.229. The Morgan fingerprint density at radius 1 is 1.32 bits per heavy atom. The number of benzene rings is 2. The second-order valence-electron chi connectivity index (χ2n) is 3.72. The van der Waals surface area contributed by atoms with E-state index in [1.165, 1.54) is 6.07 Å². The van der Waals surface area contributed by atoms with Crippen molar-refractivity contribution in [3.63, 3.8) is 0 Å². The van der Waals surface area contributed by atoms with Crippen LogP contribution in [0.25, 0.3) is 0 Å². The van der Waals surface area contributed by atoms with Crippen LogP contribution in [0.4, 0.5) is 5.69 Å². The molecule has 0 saturated heterocycles. The fourth-order valence-corrected chi connectivity index (χ4v) is 2.32. The van der Waals surface area contributed by atoms with Gasteiger partial charge < -0.3 is 10.4 Å². The summed E-state index contributed by atoms with van der Waals surface area (Å²) in [7, 11) is 0. The predicted octanol–water partition coefficient (Wildman–Crippen LogP) is 4.67. The minimum atomic E-state index is -0.310. The van der Waals surface area contributed by atoms with Crippen LogP contribution in [0.2, 0.25) is 5.02 Å². The monoisotopic (exact) mass is 451 g/mol. The molecule has 98 valence electrons. The third-order valence-electron chi connectivity index (χ3n) is 2.41. The maximum Gasteiger partial charge on any atom is 0.255 e. The van der Waals surface area contributed by atoms with E-state index in [4.69, 9.17) is 11.6 Å². The molecule has 0 fully saturated rings. The number of nitrogens with one attached hydrogen (secondary N) is 1. The molecule has 2 aromatic rings. The van der Waals surface area contributed by atoms with Crippen molar-refractivity contribution in [1.29, 1.82) is 0 Å². The van der Waals surface area contributed by atoms with E-state index in [0.29, 0.717) is 24.3 Å². The number of halogens is 3. The van der Waals surface area contributed by atoms with Gasteiger partial charge in [0.05, 0.1) is 18.8 Å². The first kappa shape index (κ1) is 14.6. The molecule has 2 aromatic carbocycles. The maximum atomic E-state index is 12.1. The van der Waals surface area contributed by atoms with Crippen molar-refractivity contribution < 1.29 is 9.90 Å². The molecule has 0 aliphatic carbocycles. The zero-order valence-corrected chi connectivity index (χ0v) is 14.0. The molecule has 0 aliphatic rings. The Kier molecular flexibility index (Phi) is 4.70. The van der Waals surface area contributed by atoms with E-state index >= 15 is 0 Å². The van der Waals surface area contributed by atoms with E-state index in [-0.39, 0.29) is 11.7 Å². The van der Waals surface area contributed by atoms with Gasteiger partial charge in [0.2, 0.25) is 0 Å². The van der Waals surface area contributed by atoms with E-state index in [9.17, 15) is 9.90 Å². The molecule has 3 nitrogen and oxygen atoms in total. The lowest BCUT2D eigenvalue weighted by atomic mass is 10.2. The van der Waals surface area contributed by atoms with Gasteiger partial charge in [-0.1, -0.05) is 17.7 Å². The van der Waals surface area contributed by atoms with E-state index in [1.807, 2.05) is 22.6 Å². The fraction of sp³-hybridized carbons (Fsp3) is 0. The predicted molar refractivity (Wildman–Crippen MR) is 87.9 cm³/mol. The smallest absolute Gasteiger partial charge is 0.255 e. The number of aromatic hydroxyl groups is 1. The molecule has 0 bridgehead atoms. The summed E-state index contributed by atoms with van der Waals surface area (Å²) in [4.78, 5) is 12.1. The lowest BCUT2D eigenvalue weighted by molar-refractivity contribution is 0.102. The Balaban J connectivity index is 2.26. The number of carbonyl (C=O) groups excluding carboxylic acids is 1. The molecule has 0 heterocycles. The van der Waals surface area contributed by atoms with E-state index < -0.39 is 0 Å². The molecule has 2 N–H and O–H groups in total. The Bertz CT molecular complexity index is 649. The van der Waals surface area contributed by atoms with Crippen molar-refractivity contribution in [3.05, 3.63) is 55.0 Å². The van der Waals surface area contributed by atoms with Crippen LogP contribution in [0.5, 0.6) is 5.75 Å². The van der Waals surface area contributed by atoms with Crippen molar-refractivity contribution in [2.24, 2.45) is 0 Å². The van der Waals surface area contributed by atoms with Gasteiger partial charge in [-0.05, 0) is 68.9 Å². The average Bonchev–Trinajstić information content (AvgIpc) is 2.38. The third-order valence-corrected chi connectivity index (χ3v) is 4.72. The van der Waals surface area contributed by atoms with E-state index in [1.54, 1.807) is 30.3 Å². The van der Waals surface area contributed by atoms with Gasteiger partial charge in [-0.3, -0.25) is 4.79 Å². The first-order valence-corrected chi connectivity index (χ1v) is 7.48. The Morgan fingerprint density at radius 2 is 2.05 bits per heavy atom. The lowest BCUT2D eigenvalue weighted by Gasteiger charge is -2.09. The minimum Gasteiger partial charge on any atom is -0.507 e.